The van der Waals surface area contributed by atoms with Crippen LogP contribution in [0.25, 0.3) is 11.4 Å². The lowest BCUT2D eigenvalue weighted by atomic mass is 10.0. The predicted molar refractivity (Wildman–Crippen MR) is 108 cm³/mol. The summed E-state index contributed by atoms with van der Waals surface area (Å²) in [6.07, 6.45) is 3.80. The Labute approximate surface area is 164 Å². The van der Waals surface area contributed by atoms with Crippen molar-refractivity contribution in [2.24, 2.45) is 5.92 Å². The molecular weight excluding hydrogens is 363 g/mol. The number of thioether (sulfide) groups is 1. The van der Waals surface area contributed by atoms with E-state index in [9.17, 15) is 9.18 Å². The first-order valence-electron chi connectivity index (χ1n) is 9.13. The third-order valence-electron chi connectivity index (χ3n) is 4.05. The van der Waals surface area contributed by atoms with E-state index < -0.39 is 0 Å². The second-order valence-corrected chi connectivity index (χ2v) is 7.88. The maximum Gasteiger partial charge on any atom is 0.230 e. The van der Waals surface area contributed by atoms with Crippen LogP contribution in [0.4, 0.5) is 4.39 Å². The summed E-state index contributed by atoms with van der Waals surface area (Å²) in [5, 5.41) is 12.1. The largest absolute Gasteiger partial charge is 0.353 e. The molecular formula is C20H27FN4OS. The molecule has 0 unspecified atom stereocenters. The molecule has 7 heteroatoms. The van der Waals surface area contributed by atoms with E-state index >= 15 is 0 Å². The van der Waals surface area contributed by atoms with Crippen molar-refractivity contribution in [1.82, 2.24) is 20.1 Å². The minimum atomic E-state index is -0.300. The van der Waals surface area contributed by atoms with Gasteiger partial charge in [0.2, 0.25) is 5.91 Å². The summed E-state index contributed by atoms with van der Waals surface area (Å²) in [4.78, 5) is 12.2. The van der Waals surface area contributed by atoms with E-state index in [0.717, 1.165) is 18.4 Å². The monoisotopic (exact) mass is 390 g/mol. The van der Waals surface area contributed by atoms with Crippen LogP contribution >= 0.6 is 11.8 Å². The van der Waals surface area contributed by atoms with Gasteiger partial charge in [0.1, 0.15) is 5.82 Å². The normalized spacial score (nSPS) is 12.2. The van der Waals surface area contributed by atoms with Crippen molar-refractivity contribution in [2.75, 3.05) is 5.75 Å². The lowest BCUT2D eigenvalue weighted by Gasteiger charge is -2.15. The Morgan fingerprint density at radius 3 is 2.59 bits per heavy atom. The van der Waals surface area contributed by atoms with Crippen molar-refractivity contribution in [3.63, 3.8) is 0 Å². The molecule has 0 saturated heterocycles. The molecule has 0 spiro atoms. The van der Waals surface area contributed by atoms with E-state index in [1.165, 1.54) is 23.9 Å². The van der Waals surface area contributed by atoms with E-state index in [4.69, 9.17) is 0 Å². The maximum absolute atomic E-state index is 13.2. The summed E-state index contributed by atoms with van der Waals surface area (Å²) in [5.74, 6) is 1.20. The van der Waals surface area contributed by atoms with Crippen molar-refractivity contribution in [3.05, 3.63) is 42.7 Å². The first-order valence-corrected chi connectivity index (χ1v) is 10.1. The number of amides is 1. The Hall–Kier alpha value is -2.15. The summed E-state index contributed by atoms with van der Waals surface area (Å²) in [6, 6.07) is 6.26. The SMILES string of the molecule is C=CCn1c(SCC(=O)N[C@@H](C)CCC(C)C)nnc1-c1ccc(F)cc1. The van der Waals surface area contributed by atoms with E-state index in [1.54, 1.807) is 18.2 Å². The van der Waals surface area contributed by atoms with Crippen LogP contribution in [0.1, 0.15) is 33.6 Å². The zero-order chi connectivity index (χ0) is 19.8. The third-order valence-corrected chi connectivity index (χ3v) is 5.01. The molecule has 5 nitrogen and oxygen atoms in total. The number of aromatic nitrogens is 3. The van der Waals surface area contributed by atoms with Gasteiger partial charge in [-0.15, -0.1) is 16.8 Å². The molecule has 2 aromatic rings. The predicted octanol–water partition coefficient (Wildman–Crippen LogP) is 4.30. The maximum atomic E-state index is 13.2. The lowest BCUT2D eigenvalue weighted by molar-refractivity contribution is -0.119. The van der Waals surface area contributed by atoms with Crippen molar-refractivity contribution in [3.8, 4) is 11.4 Å². The van der Waals surface area contributed by atoms with Crippen LogP contribution in [0.15, 0.2) is 42.1 Å². The Morgan fingerprint density at radius 2 is 1.96 bits per heavy atom. The molecule has 1 amide bonds. The minimum Gasteiger partial charge on any atom is -0.353 e. The Balaban J connectivity index is 2.01. The fraction of sp³-hybridized carbons (Fsp3) is 0.450. The van der Waals surface area contributed by atoms with Gasteiger partial charge < -0.3 is 5.32 Å². The van der Waals surface area contributed by atoms with Crippen LogP contribution in [-0.2, 0) is 11.3 Å². The fourth-order valence-corrected chi connectivity index (χ4v) is 3.36. The number of allylic oxidation sites excluding steroid dienone is 1. The molecule has 1 aromatic heterocycles. The van der Waals surface area contributed by atoms with Gasteiger partial charge in [-0.3, -0.25) is 9.36 Å². The summed E-state index contributed by atoms with van der Waals surface area (Å²) < 4.78 is 15.0. The number of rotatable bonds is 10. The fourth-order valence-electron chi connectivity index (χ4n) is 2.60. The Kier molecular flexibility index (Phi) is 8.03. The van der Waals surface area contributed by atoms with Gasteiger partial charge in [0.15, 0.2) is 11.0 Å². The van der Waals surface area contributed by atoms with Crippen LogP contribution in [-0.4, -0.2) is 32.5 Å². The number of nitrogens with one attached hydrogen (secondary N) is 1. The number of carbonyl (C=O) groups excluding carboxylic acids is 1. The molecule has 0 aliphatic rings. The van der Waals surface area contributed by atoms with Gasteiger partial charge in [0.05, 0.1) is 5.75 Å². The lowest BCUT2D eigenvalue weighted by Crippen LogP contribution is -2.34. The zero-order valence-electron chi connectivity index (χ0n) is 16.1. The molecule has 0 saturated carbocycles. The summed E-state index contributed by atoms with van der Waals surface area (Å²) in [7, 11) is 0. The highest BCUT2D eigenvalue weighted by atomic mass is 32.2. The van der Waals surface area contributed by atoms with Gasteiger partial charge in [-0.25, -0.2) is 4.39 Å². The molecule has 2 rings (SSSR count). The second kappa shape index (κ2) is 10.3. The van der Waals surface area contributed by atoms with Crippen molar-refractivity contribution in [2.45, 2.75) is 51.4 Å². The highest BCUT2D eigenvalue weighted by Crippen LogP contribution is 2.24. The molecule has 1 aromatic carbocycles. The molecule has 0 radical (unpaired) electrons. The Morgan fingerprint density at radius 1 is 1.26 bits per heavy atom. The Bertz CT molecular complexity index is 758. The number of benzene rings is 1. The number of carbonyl (C=O) groups is 1. The van der Waals surface area contributed by atoms with Gasteiger partial charge in [-0.05, 0) is 49.9 Å². The average molecular weight is 391 g/mol. The number of nitrogens with zero attached hydrogens (tertiary/aromatic N) is 3. The third kappa shape index (κ3) is 6.50. The second-order valence-electron chi connectivity index (χ2n) is 6.94. The van der Waals surface area contributed by atoms with Gasteiger partial charge in [0.25, 0.3) is 0 Å². The quantitative estimate of drug-likeness (QED) is 0.485. The summed E-state index contributed by atoms with van der Waals surface area (Å²) in [5.41, 5.74) is 0.768. The molecule has 1 heterocycles. The first-order chi connectivity index (χ1) is 12.9. The van der Waals surface area contributed by atoms with E-state index in [-0.39, 0.29) is 23.5 Å². The number of hydrogen-bond donors (Lipinski definition) is 1. The van der Waals surface area contributed by atoms with Crippen LogP contribution in [0, 0.1) is 11.7 Å². The standard InChI is InChI=1S/C20H27FN4OS/c1-5-12-25-19(16-8-10-17(21)11-9-16)23-24-20(25)27-13-18(26)22-15(4)7-6-14(2)3/h5,8-11,14-15H,1,6-7,12-13H2,2-4H3,(H,22,26)/t15-/m0/s1. The van der Waals surface area contributed by atoms with Crippen molar-refractivity contribution < 1.29 is 9.18 Å². The molecule has 0 bridgehead atoms. The summed E-state index contributed by atoms with van der Waals surface area (Å²) in [6.45, 7) is 10.7. The topological polar surface area (TPSA) is 59.8 Å². The van der Waals surface area contributed by atoms with Crippen LogP contribution in [0.5, 0.6) is 0 Å². The smallest absolute Gasteiger partial charge is 0.230 e. The molecule has 1 atom stereocenters. The first kappa shape index (κ1) is 21.2. The minimum absolute atomic E-state index is 0.0206. The molecule has 146 valence electrons. The zero-order valence-corrected chi connectivity index (χ0v) is 16.9. The summed E-state index contributed by atoms with van der Waals surface area (Å²) >= 11 is 1.34. The highest BCUT2D eigenvalue weighted by Gasteiger charge is 2.16. The number of hydrogen-bond acceptors (Lipinski definition) is 4. The molecule has 0 aliphatic carbocycles. The molecule has 0 fully saturated rings. The van der Waals surface area contributed by atoms with E-state index in [1.807, 2.05) is 11.5 Å². The number of halogens is 1. The van der Waals surface area contributed by atoms with Crippen LogP contribution in [0.3, 0.4) is 0 Å². The van der Waals surface area contributed by atoms with E-state index in [0.29, 0.717) is 23.4 Å². The van der Waals surface area contributed by atoms with Crippen LogP contribution in [0.2, 0.25) is 0 Å². The van der Waals surface area contributed by atoms with Crippen molar-refractivity contribution in [1.29, 1.82) is 0 Å². The van der Waals surface area contributed by atoms with Gasteiger partial charge in [-0.2, -0.15) is 0 Å². The van der Waals surface area contributed by atoms with Crippen molar-refractivity contribution >= 4 is 17.7 Å². The van der Waals surface area contributed by atoms with E-state index in [2.05, 4.69) is 35.9 Å². The van der Waals surface area contributed by atoms with Gasteiger partial charge in [-0.1, -0.05) is 31.7 Å². The molecule has 1 N–H and O–H groups in total. The molecule has 27 heavy (non-hydrogen) atoms. The highest BCUT2D eigenvalue weighted by molar-refractivity contribution is 7.99. The van der Waals surface area contributed by atoms with Gasteiger partial charge >= 0.3 is 0 Å². The van der Waals surface area contributed by atoms with Crippen LogP contribution < -0.4 is 5.32 Å². The molecule has 0 aliphatic heterocycles. The average Bonchev–Trinajstić information content (AvgIpc) is 3.02. The van der Waals surface area contributed by atoms with Gasteiger partial charge in [0, 0.05) is 18.2 Å².